The average molecular weight is 302 g/mol. The summed E-state index contributed by atoms with van der Waals surface area (Å²) in [7, 11) is 4.29. The predicted molar refractivity (Wildman–Crippen MR) is 92.0 cm³/mol. The van der Waals surface area contributed by atoms with E-state index in [0.29, 0.717) is 6.42 Å². The molecule has 122 valence electrons. The van der Waals surface area contributed by atoms with Crippen molar-refractivity contribution in [2.75, 3.05) is 20.6 Å². The van der Waals surface area contributed by atoms with Gasteiger partial charge in [0.1, 0.15) is 0 Å². The SMILES string of the molecule is C[C@H](CC(=O)NCC1(N(C)C)CCCCC1)c1ccccc1. The molecule has 1 aliphatic rings. The van der Waals surface area contributed by atoms with E-state index >= 15 is 0 Å². The van der Waals surface area contributed by atoms with Crippen LogP contribution in [-0.2, 0) is 4.79 Å². The molecule has 0 bridgehead atoms. The molecule has 0 spiro atoms. The van der Waals surface area contributed by atoms with Crippen molar-refractivity contribution >= 4 is 5.91 Å². The smallest absolute Gasteiger partial charge is 0.220 e. The number of rotatable bonds is 6. The molecule has 0 saturated heterocycles. The van der Waals surface area contributed by atoms with Crippen LogP contribution in [0.1, 0.15) is 56.9 Å². The third kappa shape index (κ3) is 4.33. The van der Waals surface area contributed by atoms with Gasteiger partial charge in [0.15, 0.2) is 0 Å². The molecule has 1 amide bonds. The molecule has 3 nitrogen and oxygen atoms in total. The van der Waals surface area contributed by atoms with Crippen molar-refractivity contribution in [1.82, 2.24) is 10.2 Å². The largest absolute Gasteiger partial charge is 0.354 e. The Morgan fingerprint density at radius 3 is 2.41 bits per heavy atom. The summed E-state index contributed by atoms with van der Waals surface area (Å²) < 4.78 is 0. The Kier molecular flexibility index (Phi) is 6.01. The fourth-order valence-corrected chi connectivity index (χ4v) is 3.50. The number of hydrogen-bond donors (Lipinski definition) is 1. The monoisotopic (exact) mass is 302 g/mol. The summed E-state index contributed by atoms with van der Waals surface area (Å²) in [5, 5.41) is 3.19. The number of likely N-dealkylation sites (N-methyl/N-ethyl adjacent to an activating group) is 1. The van der Waals surface area contributed by atoms with Gasteiger partial charge in [-0.2, -0.15) is 0 Å². The van der Waals surface area contributed by atoms with Crippen LogP contribution >= 0.6 is 0 Å². The summed E-state index contributed by atoms with van der Waals surface area (Å²) in [4.78, 5) is 14.6. The second kappa shape index (κ2) is 7.77. The molecular formula is C19H30N2O. The number of carbonyl (C=O) groups excluding carboxylic acids is 1. The van der Waals surface area contributed by atoms with Gasteiger partial charge in [0, 0.05) is 18.5 Å². The lowest BCUT2D eigenvalue weighted by Crippen LogP contribution is -2.53. The van der Waals surface area contributed by atoms with Crippen LogP contribution in [0, 0.1) is 0 Å². The maximum atomic E-state index is 12.3. The first-order valence-electron chi connectivity index (χ1n) is 8.52. The molecule has 1 aromatic carbocycles. The van der Waals surface area contributed by atoms with Gasteiger partial charge in [0.25, 0.3) is 0 Å². The first-order valence-corrected chi connectivity index (χ1v) is 8.52. The van der Waals surface area contributed by atoms with Gasteiger partial charge in [-0.3, -0.25) is 4.79 Å². The molecule has 22 heavy (non-hydrogen) atoms. The quantitative estimate of drug-likeness (QED) is 0.871. The van der Waals surface area contributed by atoms with Crippen LogP contribution < -0.4 is 5.32 Å². The number of nitrogens with zero attached hydrogens (tertiary/aromatic N) is 1. The van der Waals surface area contributed by atoms with Crippen LogP contribution in [0.3, 0.4) is 0 Å². The highest BCUT2D eigenvalue weighted by atomic mass is 16.1. The summed E-state index contributed by atoms with van der Waals surface area (Å²) in [5.74, 6) is 0.436. The maximum absolute atomic E-state index is 12.3. The Morgan fingerprint density at radius 2 is 1.82 bits per heavy atom. The molecule has 1 N–H and O–H groups in total. The Hall–Kier alpha value is -1.35. The highest BCUT2D eigenvalue weighted by Gasteiger charge is 2.34. The highest BCUT2D eigenvalue weighted by Crippen LogP contribution is 2.31. The molecule has 1 saturated carbocycles. The van der Waals surface area contributed by atoms with Crippen molar-refractivity contribution in [2.45, 2.75) is 56.9 Å². The molecule has 3 heteroatoms. The minimum Gasteiger partial charge on any atom is -0.354 e. The van der Waals surface area contributed by atoms with Crippen LogP contribution in [0.25, 0.3) is 0 Å². The van der Waals surface area contributed by atoms with Crippen molar-refractivity contribution in [3.05, 3.63) is 35.9 Å². The van der Waals surface area contributed by atoms with Crippen LogP contribution in [0.4, 0.5) is 0 Å². The van der Waals surface area contributed by atoms with Crippen LogP contribution in [0.15, 0.2) is 30.3 Å². The standard InChI is InChI=1S/C19H30N2O/c1-16(17-10-6-4-7-11-17)14-18(22)20-15-19(21(2)3)12-8-5-9-13-19/h4,6-7,10-11,16H,5,8-9,12-15H2,1-3H3,(H,20,22)/t16-/m1/s1. The average Bonchev–Trinajstić information content (AvgIpc) is 2.54. The van der Waals surface area contributed by atoms with E-state index in [1.54, 1.807) is 0 Å². The summed E-state index contributed by atoms with van der Waals surface area (Å²) in [5.41, 5.74) is 1.39. The van der Waals surface area contributed by atoms with Crippen molar-refractivity contribution < 1.29 is 4.79 Å². The summed E-state index contributed by atoms with van der Waals surface area (Å²) in [6, 6.07) is 10.3. The Balaban J connectivity index is 1.86. The molecular weight excluding hydrogens is 272 g/mol. The van der Waals surface area contributed by atoms with Gasteiger partial charge >= 0.3 is 0 Å². The lowest BCUT2D eigenvalue weighted by Gasteiger charge is -2.43. The first kappa shape index (κ1) is 17.0. The molecule has 1 fully saturated rings. The first-order chi connectivity index (χ1) is 10.5. The lowest BCUT2D eigenvalue weighted by molar-refractivity contribution is -0.122. The molecule has 0 radical (unpaired) electrons. The Labute approximate surface area is 135 Å². The second-order valence-electron chi connectivity index (χ2n) is 6.97. The third-order valence-corrected chi connectivity index (χ3v) is 5.21. The molecule has 0 aromatic heterocycles. The zero-order valence-electron chi connectivity index (χ0n) is 14.3. The van der Waals surface area contributed by atoms with Gasteiger partial charge in [0.2, 0.25) is 5.91 Å². The molecule has 1 atom stereocenters. The van der Waals surface area contributed by atoms with Gasteiger partial charge in [-0.15, -0.1) is 0 Å². The minimum absolute atomic E-state index is 0.157. The van der Waals surface area contributed by atoms with Crippen LogP contribution in [0.2, 0.25) is 0 Å². The fraction of sp³-hybridized carbons (Fsp3) is 0.632. The Bertz CT molecular complexity index is 464. The van der Waals surface area contributed by atoms with Crippen molar-refractivity contribution in [1.29, 1.82) is 0 Å². The number of carbonyl (C=O) groups is 1. The van der Waals surface area contributed by atoms with Crippen molar-refractivity contribution in [2.24, 2.45) is 0 Å². The third-order valence-electron chi connectivity index (χ3n) is 5.21. The van der Waals surface area contributed by atoms with E-state index in [-0.39, 0.29) is 17.4 Å². The summed E-state index contributed by atoms with van der Waals surface area (Å²) >= 11 is 0. The van der Waals surface area contributed by atoms with E-state index in [1.807, 2.05) is 18.2 Å². The van der Waals surface area contributed by atoms with Gasteiger partial charge in [-0.1, -0.05) is 56.5 Å². The van der Waals surface area contributed by atoms with Gasteiger partial charge in [-0.25, -0.2) is 0 Å². The minimum atomic E-state index is 0.157. The summed E-state index contributed by atoms with van der Waals surface area (Å²) in [6.07, 6.45) is 6.81. The van der Waals surface area contributed by atoms with E-state index in [4.69, 9.17) is 0 Å². The number of nitrogens with one attached hydrogen (secondary N) is 1. The van der Waals surface area contributed by atoms with Crippen molar-refractivity contribution in [3.63, 3.8) is 0 Å². The van der Waals surface area contributed by atoms with E-state index in [0.717, 1.165) is 6.54 Å². The van der Waals surface area contributed by atoms with Crippen LogP contribution in [-0.4, -0.2) is 37.0 Å². The maximum Gasteiger partial charge on any atom is 0.220 e. The summed E-state index contributed by atoms with van der Waals surface area (Å²) in [6.45, 7) is 2.90. The number of hydrogen-bond acceptors (Lipinski definition) is 2. The zero-order valence-corrected chi connectivity index (χ0v) is 14.3. The molecule has 2 rings (SSSR count). The molecule has 1 aliphatic carbocycles. The van der Waals surface area contributed by atoms with E-state index in [1.165, 1.54) is 37.7 Å². The highest BCUT2D eigenvalue weighted by molar-refractivity contribution is 5.76. The predicted octanol–water partition coefficient (Wildman–Crippen LogP) is 3.56. The van der Waals surface area contributed by atoms with E-state index in [2.05, 4.69) is 43.4 Å². The number of benzene rings is 1. The van der Waals surface area contributed by atoms with E-state index in [9.17, 15) is 4.79 Å². The van der Waals surface area contributed by atoms with Gasteiger partial charge in [-0.05, 0) is 38.4 Å². The topological polar surface area (TPSA) is 32.3 Å². The normalized spacial score (nSPS) is 18.9. The molecule has 0 unspecified atom stereocenters. The molecule has 1 aromatic rings. The molecule has 0 aliphatic heterocycles. The molecule has 0 heterocycles. The van der Waals surface area contributed by atoms with Crippen molar-refractivity contribution in [3.8, 4) is 0 Å². The van der Waals surface area contributed by atoms with Crippen LogP contribution in [0.5, 0.6) is 0 Å². The van der Waals surface area contributed by atoms with Gasteiger partial charge in [0.05, 0.1) is 0 Å². The second-order valence-corrected chi connectivity index (χ2v) is 6.97. The zero-order chi connectivity index (χ0) is 16.0. The van der Waals surface area contributed by atoms with Gasteiger partial charge < -0.3 is 10.2 Å². The fourth-order valence-electron chi connectivity index (χ4n) is 3.50. The Morgan fingerprint density at radius 1 is 1.18 bits per heavy atom. The van der Waals surface area contributed by atoms with E-state index < -0.39 is 0 Å². The number of amides is 1. The lowest BCUT2D eigenvalue weighted by atomic mass is 9.80.